The van der Waals surface area contributed by atoms with Gasteiger partial charge in [0.2, 0.25) is 5.71 Å². The lowest BCUT2D eigenvalue weighted by Crippen LogP contribution is -2.10. The average Bonchev–Trinajstić information content (AvgIpc) is 3.46. The Morgan fingerprint density at radius 3 is 1.81 bits per heavy atom. The fraction of sp³-hybridized carbons (Fsp3) is 0.0606. The van der Waals surface area contributed by atoms with Crippen molar-refractivity contribution in [2.75, 3.05) is 0 Å². The van der Waals surface area contributed by atoms with Crippen molar-refractivity contribution in [3.05, 3.63) is 138 Å². The van der Waals surface area contributed by atoms with Crippen molar-refractivity contribution in [3.8, 4) is 5.69 Å². The minimum atomic E-state index is -0.685. The molecular formula is C33H18Cl6N2O. The molecule has 0 N–H and O–H groups in total. The lowest BCUT2D eigenvalue weighted by molar-refractivity contribution is 0.645. The van der Waals surface area contributed by atoms with Crippen LogP contribution in [0.5, 0.6) is 0 Å². The summed E-state index contributed by atoms with van der Waals surface area (Å²) in [6, 6.07) is 23.5. The molecule has 3 aromatic heterocycles. The Kier molecular flexibility index (Phi) is 7.10. The number of hydrogen-bond donors (Lipinski definition) is 0. The molecule has 0 aliphatic heterocycles. The third-order valence-electron chi connectivity index (χ3n) is 7.50. The number of rotatable bonds is 4. The predicted octanol–water partition coefficient (Wildman–Crippen LogP) is 12.3. The number of nitrogens with zero attached hydrogens (tertiary/aromatic N) is 2. The third kappa shape index (κ3) is 4.38. The molecule has 0 aliphatic carbocycles. The van der Waals surface area contributed by atoms with Gasteiger partial charge in [-0.3, -0.25) is 9.55 Å². The van der Waals surface area contributed by atoms with Gasteiger partial charge in [-0.2, -0.15) is 0 Å². The second kappa shape index (κ2) is 10.7. The van der Waals surface area contributed by atoms with Gasteiger partial charge in [-0.05, 0) is 48.9 Å². The molecule has 9 heteroatoms. The zero-order chi connectivity index (χ0) is 29.3. The molecule has 0 radical (unpaired) electrons. The molecule has 1 atom stereocenters. The molecule has 7 rings (SSSR count). The first-order chi connectivity index (χ1) is 20.2. The van der Waals surface area contributed by atoms with Crippen molar-refractivity contribution in [1.29, 1.82) is 0 Å². The quantitative estimate of drug-likeness (QED) is 0.187. The van der Waals surface area contributed by atoms with E-state index in [0.717, 1.165) is 38.5 Å². The van der Waals surface area contributed by atoms with Gasteiger partial charge in [0, 0.05) is 65.9 Å². The van der Waals surface area contributed by atoms with Crippen LogP contribution in [0.4, 0.5) is 0 Å². The normalized spacial score (nSPS) is 12.5. The molecule has 3 nitrogen and oxygen atoms in total. The topological polar surface area (TPSA) is 31.0 Å². The second-order valence-electron chi connectivity index (χ2n) is 10.0. The number of pyridine rings is 1. The van der Waals surface area contributed by atoms with E-state index < -0.39 is 5.92 Å². The highest BCUT2D eigenvalue weighted by Crippen LogP contribution is 2.50. The van der Waals surface area contributed by atoms with Gasteiger partial charge in [0.25, 0.3) is 0 Å². The van der Waals surface area contributed by atoms with Crippen molar-refractivity contribution in [2.24, 2.45) is 0 Å². The van der Waals surface area contributed by atoms with E-state index in [1.807, 2.05) is 72.2 Å². The molecule has 0 saturated heterocycles. The average molecular weight is 671 g/mol. The van der Waals surface area contributed by atoms with E-state index in [4.69, 9.17) is 74.0 Å². The number of aryl methyl sites for hydroxylation is 1. The Morgan fingerprint density at radius 2 is 1.17 bits per heavy atom. The summed E-state index contributed by atoms with van der Waals surface area (Å²) in [7, 11) is 0. The number of halogens is 6. The van der Waals surface area contributed by atoms with Crippen LogP contribution in [0, 0.1) is 6.92 Å². The van der Waals surface area contributed by atoms with Crippen LogP contribution in [0.25, 0.3) is 38.7 Å². The summed E-state index contributed by atoms with van der Waals surface area (Å²) in [4.78, 5) is 4.13. The lowest BCUT2D eigenvalue weighted by Gasteiger charge is -2.26. The summed E-state index contributed by atoms with van der Waals surface area (Å²) in [6.07, 6.45) is 3.04. The zero-order valence-corrected chi connectivity index (χ0v) is 26.3. The van der Waals surface area contributed by atoms with Crippen LogP contribution in [-0.4, -0.2) is 9.55 Å². The largest absolute Gasteiger partial charge is 0.439 e. The summed E-state index contributed by atoms with van der Waals surface area (Å²) < 4.78 is 8.42. The van der Waals surface area contributed by atoms with Crippen LogP contribution >= 0.6 is 69.6 Å². The summed E-state index contributed by atoms with van der Waals surface area (Å²) in [5.41, 5.74) is 5.76. The highest BCUT2D eigenvalue weighted by molar-refractivity contribution is 6.39. The first kappa shape index (κ1) is 27.9. The Balaban J connectivity index is 1.52. The maximum atomic E-state index is 7.15. The van der Waals surface area contributed by atoms with Gasteiger partial charge in [0.1, 0.15) is 5.58 Å². The number of aromatic nitrogens is 2. The van der Waals surface area contributed by atoms with Gasteiger partial charge in [-0.25, -0.2) is 0 Å². The minimum Gasteiger partial charge on any atom is -0.439 e. The van der Waals surface area contributed by atoms with Crippen LogP contribution in [0.1, 0.15) is 28.2 Å². The number of fused-ring (bicyclic) bond motifs is 5. The van der Waals surface area contributed by atoms with Gasteiger partial charge in [0.15, 0.2) is 0 Å². The van der Waals surface area contributed by atoms with E-state index >= 15 is 0 Å². The Bertz CT molecular complexity index is 2130. The van der Waals surface area contributed by atoms with Crippen molar-refractivity contribution in [1.82, 2.24) is 9.55 Å². The predicted molar refractivity (Wildman–Crippen MR) is 177 cm³/mol. The van der Waals surface area contributed by atoms with Gasteiger partial charge in [0.05, 0.1) is 26.6 Å². The lowest BCUT2D eigenvalue weighted by atomic mass is 9.84. The first-order valence-electron chi connectivity index (χ1n) is 12.9. The van der Waals surface area contributed by atoms with Gasteiger partial charge in [-0.15, -0.1) is 0 Å². The minimum absolute atomic E-state index is 0.330. The fourth-order valence-corrected chi connectivity index (χ4v) is 7.88. The van der Waals surface area contributed by atoms with Crippen LogP contribution in [0.15, 0.2) is 89.6 Å². The highest BCUT2D eigenvalue weighted by atomic mass is 35.5. The molecule has 0 fully saturated rings. The van der Waals surface area contributed by atoms with Crippen molar-refractivity contribution in [3.63, 3.8) is 0 Å². The highest BCUT2D eigenvalue weighted by Gasteiger charge is 2.31. The number of benzene rings is 4. The summed E-state index contributed by atoms with van der Waals surface area (Å²) >= 11 is 41.4. The molecule has 1 unspecified atom stereocenters. The maximum absolute atomic E-state index is 7.15. The zero-order valence-electron chi connectivity index (χ0n) is 21.7. The maximum Gasteiger partial charge on any atom is 0.213 e. The molecule has 0 aliphatic rings. The summed E-state index contributed by atoms with van der Waals surface area (Å²) in [6.45, 7) is 1.91. The monoisotopic (exact) mass is 668 g/mol. The number of para-hydroxylation sites is 2. The fourth-order valence-electron chi connectivity index (χ4n) is 5.79. The molecular weight excluding hydrogens is 653 g/mol. The molecule has 0 saturated carbocycles. The Morgan fingerprint density at radius 1 is 0.643 bits per heavy atom. The third-order valence-corrected chi connectivity index (χ3v) is 9.35. The molecule has 0 spiro atoms. The van der Waals surface area contributed by atoms with Gasteiger partial charge in [-0.1, -0.05) is 106 Å². The Hall–Kier alpha value is -2.89. The van der Waals surface area contributed by atoms with Crippen LogP contribution in [0.2, 0.25) is 30.1 Å². The summed E-state index contributed by atoms with van der Waals surface area (Å²) in [5.74, 6) is -0.685. The molecule has 0 bridgehead atoms. The number of hydrogen-bond acceptors (Lipinski definition) is 2. The molecule has 42 heavy (non-hydrogen) atoms. The second-order valence-corrected chi connectivity index (χ2v) is 12.5. The molecule has 208 valence electrons. The van der Waals surface area contributed by atoms with E-state index in [-0.39, 0.29) is 0 Å². The van der Waals surface area contributed by atoms with E-state index in [9.17, 15) is 0 Å². The van der Waals surface area contributed by atoms with Crippen molar-refractivity contribution in [2.45, 2.75) is 12.8 Å². The van der Waals surface area contributed by atoms with E-state index in [2.05, 4.69) is 17.1 Å². The van der Waals surface area contributed by atoms with E-state index in [0.29, 0.717) is 52.5 Å². The number of furan rings is 1. The van der Waals surface area contributed by atoms with Crippen LogP contribution < -0.4 is 0 Å². The van der Waals surface area contributed by atoms with Gasteiger partial charge >= 0.3 is 0 Å². The van der Waals surface area contributed by atoms with Gasteiger partial charge < -0.3 is 4.42 Å². The van der Waals surface area contributed by atoms with E-state index in [1.165, 1.54) is 12.4 Å². The van der Waals surface area contributed by atoms with Crippen LogP contribution in [-0.2, 0) is 0 Å². The SMILES string of the molecule is Cc1cc(Cl)c(C(c2c(Cl)cncc2Cl)c2c(Cl)cc(-n3c4ccccc4c4c5ccccc5oc43)cc2Cl)c(Cl)c1. The standard InChI is InChI=1S/C33H18Cl6N2O/c1-16-10-20(34)29(21(35)11-16)32(31-24(38)14-40-15-25(31)39)30-22(36)12-17(13-23(30)37)41-26-8-4-2-6-18(26)28-19-7-3-5-9-27(19)42-33(28)41/h2-15,32H,1H3. The first-order valence-corrected chi connectivity index (χ1v) is 15.2. The van der Waals surface area contributed by atoms with Crippen molar-refractivity contribution >= 4 is 103 Å². The van der Waals surface area contributed by atoms with Crippen LogP contribution in [0.3, 0.4) is 0 Å². The smallest absolute Gasteiger partial charge is 0.213 e. The molecule has 7 aromatic rings. The van der Waals surface area contributed by atoms with Crippen molar-refractivity contribution < 1.29 is 4.42 Å². The van der Waals surface area contributed by atoms with E-state index in [1.54, 1.807) is 0 Å². The molecule has 0 amide bonds. The molecule has 4 aromatic carbocycles. The molecule has 3 heterocycles. The summed E-state index contributed by atoms with van der Waals surface area (Å²) in [5, 5.41) is 5.39. The Labute approximate surface area is 271 Å².